The van der Waals surface area contributed by atoms with Crippen molar-refractivity contribution in [2.75, 3.05) is 11.9 Å². The van der Waals surface area contributed by atoms with Crippen LogP contribution in [0.3, 0.4) is 0 Å². The first kappa shape index (κ1) is 16.0. The summed E-state index contributed by atoms with van der Waals surface area (Å²) in [5.74, 6) is -0.531. The first-order valence-electron chi connectivity index (χ1n) is 6.86. The molecule has 0 heterocycles. The number of hydrogen-bond acceptors (Lipinski definition) is 2. The molecule has 5 heteroatoms. The van der Waals surface area contributed by atoms with Crippen LogP contribution in [0.25, 0.3) is 0 Å². The van der Waals surface area contributed by atoms with Gasteiger partial charge in [-0.05, 0) is 30.5 Å². The number of amides is 2. The minimum atomic E-state index is -0.997. The van der Waals surface area contributed by atoms with Gasteiger partial charge in [-0.2, -0.15) is 0 Å². The highest BCUT2D eigenvalue weighted by Crippen LogP contribution is 2.15. The van der Waals surface area contributed by atoms with E-state index in [1.807, 2.05) is 0 Å². The van der Waals surface area contributed by atoms with E-state index in [-0.39, 0.29) is 11.6 Å². The molecular formula is C15H22N2O3. The maximum Gasteiger partial charge on any atom is 0.336 e. The molecule has 0 aliphatic rings. The fourth-order valence-electron chi connectivity index (χ4n) is 1.92. The van der Waals surface area contributed by atoms with Crippen molar-refractivity contribution in [1.29, 1.82) is 0 Å². The molecule has 0 saturated carbocycles. The molecule has 5 nitrogen and oxygen atoms in total. The molecule has 0 spiro atoms. The predicted octanol–water partition coefficient (Wildman–Crippen LogP) is 3.25. The van der Waals surface area contributed by atoms with E-state index in [1.54, 1.807) is 19.1 Å². The average molecular weight is 278 g/mol. The second-order valence-electron chi connectivity index (χ2n) is 4.85. The molecule has 0 aliphatic heterocycles. The molecule has 3 N–H and O–H groups in total. The summed E-state index contributed by atoms with van der Waals surface area (Å²) in [6, 6.07) is 4.53. The summed E-state index contributed by atoms with van der Waals surface area (Å²) < 4.78 is 0. The van der Waals surface area contributed by atoms with Gasteiger partial charge in [0.25, 0.3) is 0 Å². The van der Waals surface area contributed by atoms with Gasteiger partial charge in [-0.15, -0.1) is 0 Å². The van der Waals surface area contributed by atoms with E-state index in [2.05, 4.69) is 24.5 Å². The molecule has 0 aromatic heterocycles. The van der Waals surface area contributed by atoms with Crippen LogP contribution < -0.4 is 10.6 Å². The standard InChI is InChI=1S/C15H22N2O3/c1-4-11(5-2)9-16-15(20)17-12-7-6-10(3)13(8-12)14(18)19/h6-8,11H,4-5,9H2,1-3H3,(H,18,19)(H2,16,17,20). The molecular weight excluding hydrogens is 256 g/mol. The van der Waals surface area contributed by atoms with Crippen LogP contribution in [0.5, 0.6) is 0 Å². The number of nitrogens with one attached hydrogen (secondary N) is 2. The third-order valence-electron chi connectivity index (χ3n) is 3.43. The summed E-state index contributed by atoms with van der Waals surface area (Å²) in [6.07, 6.45) is 2.04. The summed E-state index contributed by atoms with van der Waals surface area (Å²) in [6.45, 7) is 6.52. The van der Waals surface area contributed by atoms with Crippen LogP contribution in [0.4, 0.5) is 10.5 Å². The minimum Gasteiger partial charge on any atom is -0.478 e. The Kier molecular flexibility index (Phi) is 6.03. The predicted molar refractivity (Wildman–Crippen MR) is 79.2 cm³/mol. The Hall–Kier alpha value is -2.04. The summed E-state index contributed by atoms with van der Waals surface area (Å²) in [4.78, 5) is 22.8. The van der Waals surface area contributed by atoms with Gasteiger partial charge < -0.3 is 15.7 Å². The van der Waals surface area contributed by atoms with E-state index >= 15 is 0 Å². The van der Waals surface area contributed by atoms with Gasteiger partial charge in [0.05, 0.1) is 5.56 Å². The quantitative estimate of drug-likeness (QED) is 0.747. The Labute approximate surface area is 119 Å². The maximum atomic E-state index is 11.7. The fourth-order valence-corrected chi connectivity index (χ4v) is 1.92. The third-order valence-corrected chi connectivity index (χ3v) is 3.43. The monoisotopic (exact) mass is 278 g/mol. The van der Waals surface area contributed by atoms with Crippen LogP contribution in [0.2, 0.25) is 0 Å². The minimum absolute atomic E-state index is 0.197. The molecule has 0 unspecified atom stereocenters. The molecule has 1 rings (SSSR count). The molecule has 0 bridgehead atoms. The topological polar surface area (TPSA) is 78.4 Å². The van der Waals surface area contributed by atoms with Gasteiger partial charge in [-0.25, -0.2) is 9.59 Å². The first-order chi connectivity index (χ1) is 9.47. The molecule has 1 aromatic rings. The molecule has 2 amide bonds. The zero-order valence-electron chi connectivity index (χ0n) is 12.2. The third kappa shape index (κ3) is 4.57. The molecule has 0 radical (unpaired) electrons. The van der Waals surface area contributed by atoms with Gasteiger partial charge in [-0.3, -0.25) is 0 Å². The molecule has 0 fully saturated rings. The number of carbonyl (C=O) groups is 2. The van der Waals surface area contributed by atoms with Gasteiger partial charge >= 0.3 is 12.0 Å². The molecule has 1 aromatic carbocycles. The average Bonchev–Trinajstić information content (AvgIpc) is 2.41. The summed E-state index contributed by atoms with van der Waals surface area (Å²) in [5.41, 5.74) is 1.35. The first-order valence-corrected chi connectivity index (χ1v) is 6.86. The molecule has 110 valence electrons. The Bertz CT molecular complexity index is 482. The summed E-state index contributed by atoms with van der Waals surface area (Å²) in [5, 5.41) is 14.5. The van der Waals surface area contributed by atoms with Crippen LogP contribution in [0.1, 0.15) is 42.6 Å². The summed E-state index contributed by atoms with van der Waals surface area (Å²) >= 11 is 0. The van der Waals surface area contributed by atoms with Crippen molar-refractivity contribution in [3.05, 3.63) is 29.3 Å². The SMILES string of the molecule is CCC(CC)CNC(=O)Nc1ccc(C)c(C(=O)O)c1. The van der Waals surface area contributed by atoms with Crippen molar-refractivity contribution in [2.24, 2.45) is 5.92 Å². The Morgan fingerprint density at radius 1 is 1.25 bits per heavy atom. The van der Waals surface area contributed by atoms with Crippen molar-refractivity contribution >= 4 is 17.7 Å². The smallest absolute Gasteiger partial charge is 0.336 e. The Morgan fingerprint density at radius 2 is 1.90 bits per heavy atom. The van der Waals surface area contributed by atoms with Crippen molar-refractivity contribution in [1.82, 2.24) is 5.32 Å². The highest BCUT2D eigenvalue weighted by atomic mass is 16.4. The normalized spacial score (nSPS) is 10.4. The van der Waals surface area contributed by atoms with Crippen LogP contribution in [0, 0.1) is 12.8 Å². The number of carbonyl (C=O) groups excluding carboxylic acids is 1. The number of aromatic carboxylic acids is 1. The molecule has 20 heavy (non-hydrogen) atoms. The Morgan fingerprint density at radius 3 is 2.45 bits per heavy atom. The number of hydrogen-bond donors (Lipinski definition) is 3. The number of anilines is 1. The largest absolute Gasteiger partial charge is 0.478 e. The van der Waals surface area contributed by atoms with Crippen LogP contribution in [-0.4, -0.2) is 23.7 Å². The van der Waals surface area contributed by atoms with Gasteiger partial charge in [-0.1, -0.05) is 32.8 Å². The van der Waals surface area contributed by atoms with Crippen molar-refractivity contribution in [3.8, 4) is 0 Å². The number of urea groups is 1. The Balaban J connectivity index is 2.62. The van der Waals surface area contributed by atoms with Crippen molar-refractivity contribution in [3.63, 3.8) is 0 Å². The highest BCUT2D eigenvalue weighted by molar-refractivity contribution is 5.94. The van der Waals surface area contributed by atoms with E-state index in [0.29, 0.717) is 23.7 Å². The van der Waals surface area contributed by atoms with Crippen molar-refractivity contribution < 1.29 is 14.7 Å². The van der Waals surface area contributed by atoms with Crippen LogP contribution >= 0.6 is 0 Å². The molecule has 0 saturated heterocycles. The van der Waals surface area contributed by atoms with E-state index in [4.69, 9.17) is 5.11 Å². The lowest BCUT2D eigenvalue weighted by atomic mass is 10.0. The second-order valence-corrected chi connectivity index (χ2v) is 4.85. The number of carboxylic acid groups (broad SMARTS) is 1. The number of carboxylic acids is 1. The van der Waals surface area contributed by atoms with Crippen LogP contribution in [-0.2, 0) is 0 Å². The zero-order valence-corrected chi connectivity index (χ0v) is 12.2. The highest BCUT2D eigenvalue weighted by Gasteiger charge is 2.10. The maximum absolute atomic E-state index is 11.7. The lowest BCUT2D eigenvalue weighted by Crippen LogP contribution is -2.32. The van der Waals surface area contributed by atoms with Crippen molar-refractivity contribution in [2.45, 2.75) is 33.6 Å². The summed E-state index contributed by atoms with van der Waals surface area (Å²) in [7, 11) is 0. The zero-order chi connectivity index (χ0) is 15.1. The lowest BCUT2D eigenvalue weighted by molar-refractivity contribution is 0.0696. The number of rotatable bonds is 6. The van der Waals surface area contributed by atoms with E-state index < -0.39 is 5.97 Å². The number of aryl methyl sites for hydroxylation is 1. The van der Waals surface area contributed by atoms with Gasteiger partial charge in [0.1, 0.15) is 0 Å². The van der Waals surface area contributed by atoms with Gasteiger partial charge in [0.15, 0.2) is 0 Å². The van der Waals surface area contributed by atoms with E-state index in [1.165, 1.54) is 6.07 Å². The lowest BCUT2D eigenvalue weighted by Gasteiger charge is -2.14. The molecule has 0 aliphatic carbocycles. The van der Waals surface area contributed by atoms with E-state index in [0.717, 1.165) is 12.8 Å². The number of benzene rings is 1. The van der Waals surface area contributed by atoms with Crippen LogP contribution in [0.15, 0.2) is 18.2 Å². The van der Waals surface area contributed by atoms with Gasteiger partial charge in [0.2, 0.25) is 0 Å². The van der Waals surface area contributed by atoms with Gasteiger partial charge in [0, 0.05) is 12.2 Å². The van der Waals surface area contributed by atoms with E-state index in [9.17, 15) is 9.59 Å². The second kappa shape index (κ2) is 7.53. The fraction of sp³-hybridized carbons (Fsp3) is 0.467. The molecule has 0 atom stereocenters.